The Labute approximate surface area is 502 Å². The number of nitrogens with one attached hydrogen (secondary N) is 1. The van der Waals surface area contributed by atoms with Gasteiger partial charge in [-0.05, 0) is 138 Å². The highest BCUT2D eigenvalue weighted by molar-refractivity contribution is 5.91. The minimum absolute atomic E-state index is 0.0147. The molecule has 0 aliphatic carbocycles. The van der Waals surface area contributed by atoms with Gasteiger partial charge in [0.1, 0.15) is 16.8 Å². The Kier molecular flexibility index (Phi) is 34.2. The van der Waals surface area contributed by atoms with Gasteiger partial charge in [0.25, 0.3) is 5.69 Å². The molecule has 0 spiro atoms. The van der Waals surface area contributed by atoms with Gasteiger partial charge in [-0.25, -0.2) is 28.8 Å². The molecule has 3 unspecified atom stereocenters. The normalized spacial score (nSPS) is 11.5. The van der Waals surface area contributed by atoms with Crippen molar-refractivity contribution >= 4 is 71.3 Å². The number of benzene rings is 3. The van der Waals surface area contributed by atoms with Crippen molar-refractivity contribution in [2.45, 2.75) is 160 Å². The second-order valence-electron chi connectivity index (χ2n) is 20.9. The monoisotopic (exact) mass is 1210 g/mol. The molecule has 0 aliphatic rings. The lowest BCUT2D eigenvalue weighted by molar-refractivity contribution is -0.385. The first-order valence-electron chi connectivity index (χ1n) is 26.5. The van der Waals surface area contributed by atoms with Crippen molar-refractivity contribution in [3.8, 4) is 0 Å². The number of hydrogen-bond donors (Lipinski definition) is 3. The lowest BCUT2D eigenvalue weighted by Gasteiger charge is -2.22. The molecule has 1 amide bonds. The van der Waals surface area contributed by atoms with Crippen LogP contribution in [0.15, 0.2) is 91.1 Å². The molecule has 4 N–H and O–H groups in total. The predicted octanol–water partition coefficient (Wildman–Crippen LogP) is 11.5. The van der Waals surface area contributed by atoms with E-state index in [4.69, 9.17) is 53.5 Å². The van der Waals surface area contributed by atoms with E-state index in [1.807, 2.05) is 6.92 Å². The molecule has 0 bridgehead atoms. The maximum Gasteiger partial charge on any atom is 0.519 e. The van der Waals surface area contributed by atoms with Crippen LogP contribution in [0.5, 0.6) is 0 Å². The number of hydrogen-bond acceptors (Lipinski definition) is 23. The number of nitro benzene ring substituents is 1. The minimum Gasteiger partial charge on any atom is -0.463 e. The molecular weight excluding hydrogens is 1130 g/mol. The first-order valence-corrected chi connectivity index (χ1v) is 26.5. The number of rotatable bonds is 17. The highest BCUT2D eigenvalue weighted by atomic mass is 16.8. The average molecular weight is 1210 g/mol. The zero-order chi connectivity index (χ0) is 67.2. The number of esters is 6. The van der Waals surface area contributed by atoms with Gasteiger partial charge in [0.2, 0.25) is 0 Å². The molecule has 0 saturated carbocycles. The quantitative estimate of drug-likeness (QED) is 0.0215. The van der Waals surface area contributed by atoms with Crippen LogP contribution in [0.3, 0.4) is 0 Å². The summed E-state index contributed by atoms with van der Waals surface area (Å²) in [4.78, 5) is 114. The van der Waals surface area contributed by atoms with Gasteiger partial charge in [-0.15, -0.1) is 0 Å². The second kappa shape index (κ2) is 37.2. The van der Waals surface area contributed by atoms with E-state index in [-0.39, 0.29) is 47.8 Å². The number of ether oxygens (including phenoxy) is 10. The van der Waals surface area contributed by atoms with Gasteiger partial charge in [0.05, 0.1) is 41.5 Å². The zero-order valence-electron chi connectivity index (χ0n) is 52.7. The molecule has 3 aromatic rings. The number of aliphatic hydroxyl groups is 1. The van der Waals surface area contributed by atoms with Crippen LogP contribution < -0.4 is 11.1 Å². The van der Waals surface area contributed by atoms with Crippen molar-refractivity contribution in [1.29, 1.82) is 0 Å². The summed E-state index contributed by atoms with van der Waals surface area (Å²) >= 11 is 0. The number of nitrogens with two attached hydrogens (primary N) is 1. The Bertz CT molecular complexity index is 2860. The Morgan fingerprint density at radius 1 is 0.535 bits per heavy atom. The predicted molar refractivity (Wildman–Crippen MR) is 317 cm³/mol. The van der Waals surface area contributed by atoms with E-state index in [0.717, 1.165) is 18.2 Å². The van der Waals surface area contributed by atoms with E-state index < -0.39 is 94.3 Å². The Morgan fingerprint density at radius 2 is 0.849 bits per heavy atom. The number of carbonyl (C=O) groups is 9. The van der Waals surface area contributed by atoms with Crippen molar-refractivity contribution < 1.29 is 101 Å². The number of aryl methyl sites for hydroxylation is 3. The van der Waals surface area contributed by atoms with Crippen LogP contribution in [0.25, 0.3) is 0 Å². The van der Waals surface area contributed by atoms with Crippen LogP contribution in [0.2, 0.25) is 0 Å². The van der Waals surface area contributed by atoms with E-state index in [9.17, 15) is 53.3 Å². The number of nitrogen functional groups attached to an aromatic ring is 1. The molecular formula is C61H85N3O22. The fourth-order valence-corrected chi connectivity index (χ4v) is 6.28. The molecule has 0 heterocycles. The van der Waals surface area contributed by atoms with Gasteiger partial charge in [-0.3, -0.25) is 29.8 Å². The molecule has 3 aromatic carbocycles. The molecule has 0 aliphatic heterocycles. The standard InChI is InChI=1S/C20H27NO6.C15H17NO6.C15H19NO4.C10H18O5.CH4O/c1-8-25-18(23)13(3)17(26-14(4)22)15-10-9-12(2)16(11-15)21-19(24)27-20(5,6)7;1-5-21-15(18)10(3)14(22-11(4)17)12-7-6-9(2)13(8-12)16(19)20;1-5-19-15(18)10(3)14(20-11(4)17)12-7-6-9(2)13(16)8-12;1-9(2,3)14-7(11)13-8(12)15-10(4,5)6;1-2/h9-11,17H,3,8H2,1-2,4-7H3,(H,21,24);6-8,14H,3,5H2,1-2,4H3;6-8,14H,3,5,16H2,1-2,4H3;1-6H3;2H,1H3. The Hall–Kier alpha value is -9.13. The Morgan fingerprint density at radius 3 is 1.15 bits per heavy atom. The van der Waals surface area contributed by atoms with E-state index >= 15 is 0 Å². The van der Waals surface area contributed by atoms with Gasteiger partial charge in [0.15, 0.2) is 18.3 Å². The maximum atomic E-state index is 12.1. The third-order valence-corrected chi connectivity index (χ3v) is 9.90. The van der Waals surface area contributed by atoms with Gasteiger partial charge in [-0.1, -0.05) is 56.1 Å². The van der Waals surface area contributed by atoms with Crippen molar-refractivity contribution in [3.63, 3.8) is 0 Å². The van der Waals surface area contributed by atoms with Gasteiger partial charge < -0.3 is 58.2 Å². The summed E-state index contributed by atoms with van der Waals surface area (Å²) in [5, 5.41) is 20.7. The number of amides is 1. The molecule has 0 aromatic heterocycles. The van der Waals surface area contributed by atoms with Gasteiger partial charge in [-0.2, -0.15) is 0 Å². The molecule has 25 nitrogen and oxygen atoms in total. The molecule has 3 rings (SSSR count). The highest BCUT2D eigenvalue weighted by Gasteiger charge is 2.30. The van der Waals surface area contributed by atoms with Crippen molar-refractivity contribution in [2.24, 2.45) is 0 Å². The largest absolute Gasteiger partial charge is 0.519 e. The minimum atomic E-state index is -1.13. The number of anilines is 2. The van der Waals surface area contributed by atoms with E-state index in [1.165, 1.54) is 32.9 Å². The molecule has 3 atom stereocenters. The van der Waals surface area contributed by atoms with Crippen molar-refractivity contribution in [3.05, 3.63) is 135 Å². The summed E-state index contributed by atoms with van der Waals surface area (Å²) in [7, 11) is 1.00. The topological polar surface area (TPSA) is 347 Å². The van der Waals surface area contributed by atoms with Crippen molar-refractivity contribution in [2.75, 3.05) is 38.0 Å². The first-order chi connectivity index (χ1) is 39.6. The third kappa shape index (κ3) is 31.5. The van der Waals surface area contributed by atoms with Crippen LogP contribution in [-0.2, 0) is 76.1 Å². The molecule has 0 radical (unpaired) electrons. The molecule has 476 valence electrons. The number of nitro groups is 1. The molecule has 0 saturated heterocycles. The van der Waals surface area contributed by atoms with Crippen LogP contribution in [0.1, 0.15) is 156 Å². The fraction of sp³-hybridized carbons (Fsp3) is 0.459. The van der Waals surface area contributed by atoms with Crippen LogP contribution in [0.4, 0.5) is 31.4 Å². The fourth-order valence-electron chi connectivity index (χ4n) is 6.28. The molecule has 0 fully saturated rings. The molecule has 86 heavy (non-hydrogen) atoms. The lowest BCUT2D eigenvalue weighted by atomic mass is 10.00. The van der Waals surface area contributed by atoms with Gasteiger partial charge >= 0.3 is 54.2 Å². The summed E-state index contributed by atoms with van der Waals surface area (Å²) in [5.74, 6) is -3.72. The zero-order valence-corrected chi connectivity index (χ0v) is 52.7. The summed E-state index contributed by atoms with van der Waals surface area (Å²) in [5.41, 5.74) is 8.10. The summed E-state index contributed by atoms with van der Waals surface area (Å²) in [6.07, 6.45) is -5.78. The smallest absolute Gasteiger partial charge is 0.463 e. The average Bonchev–Trinajstić information content (AvgIpc) is 1.61. The second-order valence-corrected chi connectivity index (χ2v) is 20.9. The summed E-state index contributed by atoms with van der Waals surface area (Å²) in [6.45, 7) is 40.7. The maximum absolute atomic E-state index is 12.1. The SMILES string of the molecule is C=C(C(=O)OCC)C(OC(C)=O)c1ccc(C)c(N)c1.C=C(C(=O)OCC)C(OC(C)=O)c1ccc(C)c(NC(=O)OC(C)(C)C)c1.C=C(C(=O)OCC)C(OC(C)=O)c1ccc(C)c([N+](=O)[O-])c1.CC(C)(C)OC(=O)OC(=O)OC(C)(C)C.CO. The highest BCUT2D eigenvalue weighted by Crippen LogP contribution is 2.33. The Balaban J connectivity index is 0. The number of aliphatic hydroxyl groups excluding tert-OH is 1. The van der Waals surface area contributed by atoms with Crippen molar-refractivity contribution in [1.82, 2.24) is 0 Å². The van der Waals surface area contributed by atoms with Crippen LogP contribution >= 0.6 is 0 Å². The number of nitrogens with zero attached hydrogens (tertiary/aromatic N) is 1. The molecule has 25 heteroatoms. The summed E-state index contributed by atoms with van der Waals surface area (Å²) in [6, 6.07) is 14.5. The van der Waals surface area contributed by atoms with Crippen LogP contribution in [0, 0.1) is 30.9 Å². The van der Waals surface area contributed by atoms with E-state index in [1.54, 1.807) is 139 Å². The van der Waals surface area contributed by atoms with Crippen LogP contribution in [-0.4, -0.2) is 108 Å². The third-order valence-electron chi connectivity index (χ3n) is 9.90. The first kappa shape index (κ1) is 78.9. The lowest BCUT2D eigenvalue weighted by Crippen LogP contribution is -2.29. The summed E-state index contributed by atoms with van der Waals surface area (Å²) < 4.78 is 49.2. The van der Waals surface area contributed by atoms with E-state index in [0.29, 0.717) is 28.1 Å². The van der Waals surface area contributed by atoms with Gasteiger partial charge in [0, 0.05) is 56.4 Å². The van der Waals surface area contributed by atoms with E-state index in [2.05, 4.69) is 29.8 Å². The number of carbonyl (C=O) groups excluding carboxylic acids is 9.